The quantitative estimate of drug-likeness (QED) is 0.809. The van der Waals surface area contributed by atoms with Gasteiger partial charge in [-0.1, -0.05) is 17.7 Å². The van der Waals surface area contributed by atoms with Crippen molar-refractivity contribution < 1.29 is 4.39 Å². The molecule has 92 valence electrons. The summed E-state index contributed by atoms with van der Waals surface area (Å²) in [6, 6.07) is 3.31. The van der Waals surface area contributed by atoms with Crippen molar-refractivity contribution in [3.05, 3.63) is 33.0 Å². The summed E-state index contributed by atoms with van der Waals surface area (Å²) < 4.78 is 14.6. The number of rotatable bonds is 2. The lowest BCUT2D eigenvalue weighted by molar-refractivity contribution is 0.393. The van der Waals surface area contributed by atoms with Gasteiger partial charge in [0.15, 0.2) is 0 Å². The van der Waals surface area contributed by atoms with Crippen molar-refractivity contribution in [1.29, 1.82) is 0 Å². The van der Waals surface area contributed by atoms with Gasteiger partial charge in [-0.3, -0.25) is 0 Å². The lowest BCUT2D eigenvalue weighted by Crippen LogP contribution is -2.21. The highest BCUT2D eigenvalue weighted by Crippen LogP contribution is 2.56. The number of halogens is 3. The smallest absolute Gasteiger partial charge is 0.147 e. The van der Waals surface area contributed by atoms with Crippen molar-refractivity contribution in [2.75, 3.05) is 0 Å². The largest absolute Gasteiger partial charge is 0.324 e. The summed E-state index contributed by atoms with van der Waals surface area (Å²) in [4.78, 5) is 0. The third-order valence-corrected chi connectivity index (χ3v) is 5.47. The van der Waals surface area contributed by atoms with Gasteiger partial charge in [0.25, 0.3) is 0 Å². The highest BCUT2D eigenvalue weighted by atomic mass is 79.9. The third kappa shape index (κ3) is 2.02. The summed E-state index contributed by atoms with van der Waals surface area (Å²) in [5, 5.41) is 0.140. The molecule has 1 aromatic carbocycles. The van der Waals surface area contributed by atoms with Crippen LogP contribution in [0.1, 0.15) is 30.9 Å². The minimum atomic E-state index is -0.367. The van der Waals surface area contributed by atoms with E-state index in [0.29, 0.717) is 16.0 Å². The van der Waals surface area contributed by atoms with Gasteiger partial charge in [0.2, 0.25) is 0 Å². The zero-order valence-corrected chi connectivity index (χ0v) is 11.6. The second-order valence-corrected chi connectivity index (χ2v) is 6.51. The van der Waals surface area contributed by atoms with Crippen LogP contribution in [-0.4, -0.2) is 0 Å². The molecule has 0 heterocycles. The first-order valence-electron chi connectivity index (χ1n) is 5.97. The standard InChI is InChI=1S/C13H14BrClFN/c14-10-2-1-9(12(16)11(10)15)13(17)8-4-6-3-7(6)5-8/h1-2,6-8,13H,3-5,17H2. The van der Waals surface area contributed by atoms with Crippen LogP contribution in [-0.2, 0) is 0 Å². The van der Waals surface area contributed by atoms with Gasteiger partial charge in [-0.15, -0.1) is 0 Å². The van der Waals surface area contributed by atoms with Crippen LogP contribution in [0.5, 0.6) is 0 Å². The van der Waals surface area contributed by atoms with Gasteiger partial charge >= 0.3 is 0 Å². The molecule has 17 heavy (non-hydrogen) atoms. The van der Waals surface area contributed by atoms with Gasteiger partial charge in [0, 0.05) is 16.1 Å². The van der Waals surface area contributed by atoms with E-state index in [1.807, 2.05) is 0 Å². The second kappa shape index (κ2) is 4.22. The molecule has 4 heteroatoms. The molecule has 2 fully saturated rings. The van der Waals surface area contributed by atoms with E-state index < -0.39 is 0 Å². The Morgan fingerprint density at radius 1 is 1.29 bits per heavy atom. The molecule has 1 aromatic rings. The maximum Gasteiger partial charge on any atom is 0.147 e. The first-order valence-corrected chi connectivity index (χ1v) is 7.14. The normalized spacial score (nSPS) is 32.4. The maximum atomic E-state index is 14.0. The van der Waals surface area contributed by atoms with Crippen LogP contribution in [0.15, 0.2) is 16.6 Å². The molecule has 2 aliphatic rings. The number of hydrogen-bond donors (Lipinski definition) is 1. The molecule has 2 saturated carbocycles. The molecular formula is C13H14BrClFN. The Labute approximate surface area is 114 Å². The van der Waals surface area contributed by atoms with Crippen LogP contribution in [0, 0.1) is 23.6 Å². The van der Waals surface area contributed by atoms with Gasteiger partial charge in [0.1, 0.15) is 5.82 Å². The van der Waals surface area contributed by atoms with Crippen LogP contribution < -0.4 is 5.73 Å². The van der Waals surface area contributed by atoms with E-state index in [1.165, 1.54) is 6.42 Å². The highest BCUT2D eigenvalue weighted by molar-refractivity contribution is 9.10. The lowest BCUT2D eigenvalue weighted by Gasteiger charge is -2.22. The first kappa shape index (κ1) is 11.9. The Balaban J connectivity index is 1.85. The van der Waals surface area contributed by atoms with Crippen molar-refractivity contribution in [3.8, 4) is 0 Å². The zero-order chi connectivity index (χ0) is 12.2. The summed E-state index contributed by atoms with van der Waals surface area (Å²) >= 11 is 9.11. The van der Waals surface area contributed by atoms with Gasteiger partial charge in [-0.05, 0) is 59.0 Å². The van der Waals surface area contributed by atoms with Crippen LogP contribution in [0.2, 0.25) is 5.02 Å². The Kier molecular flexibility index (Phi) is 2.96. The van der Waals surface area contributed by atoms with Crippen molar-refractivity contribution in [3.63, 3.8) is 0 Å². The average molecular weight is 319 g/mol. The minimum absolute atomic E-state index is 0.140. The molecule has 1 nitrogen and oxygen atoms in total. The molecular weight excluding hydrogens is 305 g/mol. The third-order valence-electron chi connectivity index (χ3n) is 4.21. The summed E-state index contributed by atoms with van der Waals surface area (Å²) in [5.41, 5.74) is 6.75. The topological polar surface area (TPSA) is 26.0 Å². The van der Waals surface area contributed by atoms with Crippen LogP contribution in [0.4, 0.5) is 4.39 Å². The molecule has 2 aliphatic carbocycles. The van der Waals surface area contributed by atoms with E-state index >= 15 is 0 Å². The molecule has 0 aromatic heterocycles. The van der Waals surface area contributed by atoms with Gasteiger partial charge in [-0.2, -0.15) is 0 Å². The molecule has 0 amide bonds. The zero-order valence-electron chi connectivity index (χ0n) is 9.30. The SMILES string of the molecule is NC(c1ccc(Br)c(Cl)c1F)C1CC2CC2C1. The predicted octanol–water partition coefficient (Wildman–Crippen LogP) is 4.29. The van der Waals surface area contributed by atoms with Gasteiger partial charge in [-0.25, -0.2) is 4.39 Å². The van der Waals surface area contributed by atoms with Crippen molar-refractivity contribution in [2.24, 2.45) is 23.5 Å². The van der Waals surface area contributed by atoms with Crippen molar-refractivity contribution in [2.45, 2.75) is 25.3 Å². The number of fused-ring (bicyclic) bond motifs is 1. The van der Waals surface area contributed by atoms with Crippen LogP contribution in [0.3, 0.4) is 0 Å². The Morgan fingerprint density at radius 2 is 1.94 bits per heavy atom. The Hall–Kier alpha value is -0.120. The molecule has 2 N–H and O–H groups in total. The highest BCUT2D eigenvalue weighted by Gasteiger charge is 2.47. The summed E-state index contributed by atoms with van der Waals surface area (Å²) in [6.45, 7) is 0. The number of nitrogens with two attached hydrogens (primary N) is 1. The van der Waals surface area contributed by atoms with E-state index in [4.69, 9.17) is 17.3 Å². The fourth-order valence-electron chi connectivity index (χ4n) is 3.11. The Morgan fingerprint density at radius 3 is 2.59 bits per heavy atom. The first-order chi connectivity index (χ1) is 8.08. The summed E-state index contributed by atoms with van der Waals surface area (Å²) in [7, 11) is 0. The minimum Gasteiger partial charge on any atom is -0.324 e. The molecule has 0 saturated heterocycles. The maximum absolute atomic E-state index is 14.0. The van der Waals surface area contributed by atoms with Crippen LogP contribution in [0.25, 0.3) is 0 Å². The number of hydrogen-bond acceptors (Lipinski definition) is 1. The molecule has 3 atom stereocenters. The van der Waals surface area contributed by atoms with Crippen LogP contribution >= 0.6 is 27.5 Å². The molecule has 0 aliphatic heterocycles. The summed E-state index contributed by atoms with van der Waals surface area (Å²) in [5.74, 6) is 1.78. The number of benzene rings is 1. The fraction of sp³-hybridized carbons (Fsp3) is 0.538. The fourth-order valence-corrected chi connectivity index (χ4v) is 3.59. The van der Waals surface area contributed by atoms with E-state index in [9.17, 15) is 4.39 Å². The molecule has 0 radical (unpaired) electrons. The van der Waals surface area contributed by atoms with E-state index in [-0.39, 0.29) is 16.9 Å². The van der Waals surface area contributed by atoms with Gasteiger partial charge < -0.3 is 5.73 Å². The summed E-state index contributed by atoms with van der Waals surface area (Å²) in [6.07, 6.45) is 3.66. The Bertz CT molecular complexity index is 455. The van der Waals surface area contributed by atoms with Crippen molar-refractivity contribution >= 4 is 27.5 Å². The van der Waals surface area contributed by atoms with E-state index in [2.05, 4.69) is 15.9 Å². The van der Waals surface area contributed by atoms with E-state index in [0.717, 1.165) is 24.7 Å². The molecule has 0 bridgehead atoms. The predicted molar refractivity (Wildman–Crippen MR) is 70.4 cm³/mol. The monoisotopic (exact) mass is 317 g/mol. The molecule has 3 rings (SSSR count). The van der Waals surface area contributed by atoms with E-state index in [1.54, 1.807) is 12.1 Å². The molecule has 3 unspecified atom stereocenters. The average Bonchev–Trinajstić information content (AvgIpc) is 2.93. The lowest BCUT2D eigenvalue weighted by atomic mass is 9.89. The van der Waals surface area contributed by atoms with Gasteiger partial charge in [0.05, 0.1) is 5.02 Å². The van der Waals surface area contributed by atoms with Crippen molar-refractivity contribution in [1.82, 2.24) is 0 Å². The second-order valence-electron chi connectivity index (χ2n) is 5.28. The molecule has 0 spiro atoms.